The Morgan fingerprint density at radius 1 is 1.17 bits per heavy atom. The lowest BCUT2D eigenvalue weighted by Crippen LogP contribution is -2.43. The maximum absolute atomic E-state index is 12.7. The lowest BCUT2D eigenvalue weighted by molar-refractivity contribution is -0.136. The van der Waals surface area contributed by atoms with Gasteiger partial charge in [-0.05, 0) is 30.7 Å². The van der Waals surface area contributed by atoms with E-state index in [1.54, 1.807) is 17.2 Å². The average Bonchev–Trinajstić information content (AvgIpc) is 2.76. The van der Waals surface area contributed by atoms with Crippen molar-refractivity contribution in [3.63, 3.8) is 0 Å². The van der Waals surface area contributed by atoms with Gasteiger partial charge in [-0.25, -0.2) is 0 Å². The molecule has 7 nitrogen and oxygen atoms in total. The minimum Gasteiger partial charge on any atom is -0.489 e. The molecule has 2 amide bonds. The van der Waals surface area contributed by atoms with Crippen LogP contribution < -0.4 is 10.1 Å². The topological polar surface area (TPSA) is 80.8 Å². The van der Waals surface area contributed by atoms with Crippen molar-refractivity contribution in [2.24, 2.45) is 0 Å². The smallest absolute Gasteiger partial charge is 0.255 e. The molecule has 0 unspecified atom stereocenters. The van der Waals surface area contributed by atoms with Gasteiger partial charge in [0.05, 0.1) is 5.56 Å². The van der Waals surface area contributed by atoms with Crippen LogP contribution in [0.4, 0.5) is 0 Å². The van der Waals surface area contributed by atoms with Crippen LogP contribution in [-0.2, 0) is 16.0 Å². The highest BCUT2D eigenvalue weighted by atomic mass is 16.5. The molecule has 2 heterocycles. The number of nitrogens with one attached hydrogen (secondary N) is 1. The first-order valence-corrected chi connectivity index (χ1v) is 10.3. The molecular formula is C23H29N3O4. The first-order valence-electron chi connectivity index (χ1n) is 10.3. The van der Waals surface area contributed by atoms with Gasteiger partial charge in [0.25, 0.3) is 5.91 Å². The van der Waals surface area contributed by atoms with E-state index in [0.29, 0.717) is 37.4 Å². The second-order valence-electron chi connectivity index (χ2n) is 7.40. The summed E-state index contributed by atoms with van der Waals surface area (Å²) in [6, 6.07) is 11.2. The number of hydrogen-bond donors (Lipinski definition) is 1. The molecule has 7 heteroatoms. The Kier molecular flexibility index (Phi) is 7.79. The lowest BCUT2D eigenvalue weighted by atomic mass is 10.1. The van der Waals surface area contributed by atoms with Crippen molar-refractivity contribution in [2.45, 2.75) is 32.3 Å². The molecule has 0 spiro atoms. The number of carbonyl (C=O) groups excluding carboxylic acids is 2. The zero-order chi connectivity index (χ0) is 21.3. The predicted molar refractivity (Wildman–Crippen MR) is 114 cm³/mol. The molecule has 1 aromatic carbocycles. The van der Waals surface area contributed by atoms with E-state index in [0.717, 1.165) is 24.1 Å². The van der Waals surface area contributed by atoms with Crippen molar-refractivity contribution in [3.05, 3.63) is 59.4 Å². The van der Waals surface area contributed by atoms with Crippen molar-refractivity contribution < 1.29 is 19.1 Å². The molecule has 0 atom stereocenters. The molecular weight excluding hydrogens is 382 g/mol. The number of pyridine rings is 1. The number of aryl methyl sites for hydroxylation is 1. The Labute approximate surface area is 177 Å². The third-order valence-electron chi connectivity index (χ3n) is 5.25. The van der Waals surface area contributed by atoms with Gasteiger partial charge in [0.2, 0.25) is 5.91 Å². The van der Waals surface area contributed by atoms with Crippen molar-refractivity contribution in [3.8, 4) is 5.75 Å². The summed E-state index contributed by atoms with van der Waals surface area (Å²) in [6.07, 6.45) is 3.87. The van der Waals surface area contributed by atoms with E-state index in [1.807, 2.05) is 37.3 Å². The minimum atomic E-state index is -0.160. The van der Waals surface area contributed by atoms with Crippen molar-refractivity contribution >= 4 is 11.8 Å². The fourth-order valence-electron chi connectivity index (χ4n) is 3.54. The molecule has 0 aliphatic carbocycles. The maximum atomic E-state index is 12.7. The quantitative estimate of drug-likeness (QED) is 0.721. The second-order valence-corrected chi connectivity index (χ2v) is 7.40. The van der Waals surface area contributed by atoms with E-state index in [4.69, 9.17) is 9.47 Å². The van der Waals surface area contributed by atoms with Gasteiger partial charge < -0.3 is 19.7 Å². The van der Waals surface area contributed by atoms with Gasteiger partial charge in [-0.1, -0.05) is 18.2 Å². The largest absolute Gasteiger partial charge is 0.489 e. The number of piperidine rings is 1. The van der Waals surface area contributed by atoms with Gasteiger partial charge in [-0.15, -0.1) is 0 Å². The highest BCUT2D eigenvalue weighted by molar-refractivity contribution is 5.96. The molecule has 1 fully saturated rings. The fraction of sp³-hybridized carbons (Fsp3) is 0.435. The van der Waals surface area contributed by atoms with Gasteiger partial charge in [-0.2, -0.15) is 0 Å². The van der Waals surface area contributed by atoms with E-state index >= 15 is 0 Å². The van der Waals surface area contributed by atoms with Crippen LogP contribution in [0.1, 0.15) is 34.5 Å². The number of para-hydroxylation sites is 1. The van der Waals surface area contributed by atoms with E-state index in [-0.39, 0.29) is 24.5 Å². The van der Waals surface area contributed by atoms with Crippen LogP contribution in [-0.4, -0.2) is 61.2 Å². The van der Waals surface area contributed by atoms with E-state index in [1.165, 1.54) is 7.11 Å². The number of carbonyl (C=O) groups is 2. The van der Waals surface area contributed by atoms with Gasteiger partial charge in [0.15, 0.2) is 0 Å². The number of rotatable bonds is 8. The third kappa shape index (κ3) is 5.79. The third-order valence-corrected chi connectivity index (χ3v) is 5.25. The molecule has 1 saturated heterocycles. The number of likely N-dealkylation sites (tertiary alicyclic amines) is 1. The monoisotopic (exact) mass is 411 g/mol. The van der Waals surface area contributed by atoms with Crippen molar-refractivity contribution in [1.82, 2.24) is 15.2 Å². The number of nitrogens with zero attached hydrogens (tertiary/aromatic N) is 2. The predicted octanol–water partition coefficient (Wildman–Crippen LogP) is 2.38. The summed E-state index contributed by atoms with van der Waals surface area (Å²) >= 11 is 0. The Bertz CT molecular complexity index is 863. The van der Waals surface area contributed by atoms with Crippen LogP contribution in [0, 0.1) is 6.92 Å². The molecule has 30 heavy (non-hydrogen) atoms. The first-order chi connectivity index (χ1) is 14.6. The minimum absolute atomic E-state index is 0.00105. The van der Waals surface area contributed by atoms with Gasteiger partial charge in [0, 0.05) is 57.9 Å². The van der Waals surface area contributed by atoms with Crippen molar-refractivity contribution in [1.29, 1.82) is 0 Å². The van der Waals surface area contributed by atoms with E-state index < -0.39 is 0 Å². The number of ether oxygens (including phenoxy) is 2. The number of amides is 2. The highest BCUT2D eigenvalue weighted by Crippen LogP contribution is 2.23. The molecule has 1 N–H and O–H groups in total. The molecule has 0 bridgehead atoms. The Hall–Kier alpha value is -2.93. The van der Waals surface area contributed by atoms with Crippen LogP contribution in [0.15, 0.2) is 42.6 Å². The summed E-state index contributed by atoms with van der Waals surface area (Å²) in [4.78, 5) is 30.8. The average molecular weight is 412 g/mol. The summed E-state index contributed by atoms with van der Waals surface area (Å²) < 4.78 is 11.1. The van der Waals surface area contributed by atoms with Gasteiger partial charge in [-0.3, -0.25) is 14.6 Å². The number of methoxy groups -OCH3 is 1. The zero-order valence-corrected chi connectivity index (χ0v) is 17.6. The summed E-state index contributed by atoms with van der Waals surface area (Å²) in [7, 11) is 1.52. The molecule has 0 saturated carbocycles. The molecule has 1 aromatic heterocycles. The van der Waals surface area contributed by atoms with Crippen LogP contribution in [0.25, 0.3) is 0 Å². The molecule has 160 valence electrons. The van der Waals surface area contributed by atoms with Crippen LogP contribution in [0.3, 0.4) is 0 Å². The van der Waals surface area contributed by atoms with E-state index in [9.17, 15) is 9.59 Å². The summed E-state index contributed by atoms with van der Waals surface area (Å²) in [5.74, 6) is 0.413. The SMILES string of the molecule is COCC(=O)N1CCC(Oc2ccccc2C(=O)NCCc2ncccc2C)CC1. The normalized spacial score (nSPS) is 14.4. The highest BCUT2D eigenvalue weighted by Gasteiger charge is 2.25. The molecule has 2 aromatic rings. The second kappa shape index (κ2) is 10.7. The molecule has 1 aliphatic heterocycles. The lowest BCUT2D eigenvalue weighted by Gasteiger charge is -2.32. The van der Waals surface area contributed by atoms with Crippen LogP contribution in [0.5, 0.6) is 5.75 Å². The van der Waals surface area contributed by atoms with Gasteiger partial charge >= 0.3 is 0 Å². The van der Waals surface area contributed by atoms with Gasteiger partial charge in [0.1, 0.15) is 18.5 Å². The first kappa shape index (κ1) is 21.8. The maximum Gasteiger partial charge on any atom is 0.255 e. The molecule has 3 rings (SSSR count). The Morgan fingerprint density at radius 2 is 1.93 bits per heavy atom. The summed E-state index contributed by atoms with van der Waals surface area (Å²) in [6.45, 7) is 3.88. The Balaban J connectivity index is 1.53. The van der Waals surface area contributed by atoms with Crippen LogP contribution >= 0.6 is 0 Å². The molecule has 0 radical (unpaired) electrons. The number of hydrogen-bond acceptors (Lipinski definition) is 5. The summed E-state index contributed by atoms with van der Waals surface area (Å²) in [5.41, 5.74) is 2.62. The Morgan fingerprint density at radius 3 is 2.67 bits per heavy atom. The number of aromatic nitrogens is 1. The van der Waals surface area contributed by atoms with Crippen LogP contribution in [0.2, 0.25) is 0 Å². The standard InChI is InChI=1S/C23H29N3O4/c1-17-6-5-12-24-20(17)9-13-25-23(28)19-7-3-4-8-21(19)30-18-10-14-26(15-11-18)22(27)16-29-2/h3-8,12,18H,9-11,13-16H2,1-2H3,(H,25,28). The molecule has 1 aliphatic rings. The van der Waals surface area contributed by atoms with Crippen molar-refractivity contribution in [2.75, 3.05) is 33.4 Å². The zero-order valence-electron chi connectivity index (χ0n) is 17.6. The fourth-order valence-corrected chi connectivity index (χ4v) is 3.54. The number of benzene rings is 1. The summed E-state index contributed by atoms with van der Waals surface area (Å²) in [5, 5.41) is 2.96. The van der Waals surface area contributed by atoms with E-state index in [2.05, 4.69) is 10.3 Å².